The van der Waals surface area contributed by atoms with Gasteiger partial charge in [0.15, 0.2) is 0 Å². The van der Waals surface area contributed by atoms with Gasteiger partial charge in [0.05, 0.1) is 0 Å². The molecule has 2 atom stereocenters. The summed E-state index contributed by atoms with van der Waals surface area (Å²) in [7, 11) is 0. The van der Waals surface area contributed by atoms with Crippen molar-refractivity contribution in [1.29, 1.82) is 0 Å². The Morgan fingerprint density at radius 1 is 1.35 bits per heavy atom. The highest BCUT2D eigenvalue weighted by molar-refractivity contribution is 6.18. The highest BCUT2D eigenvalue weighted by Gasteiger charge is 2.25. The zero-order valence-electron chi connectivity index (χ0n) is 10.5. The molecule has 0 saturated heterocycles. The largest absolute Gasteiger partial charge is 0.312 e. The van der Waals surface area contributed by atoms with Crippen molar-refractivity contribution in [3.05, 3.63) is 29.6 Å². The van der Waals surface area contributed by atoms with Crippen molar-refractivity contribution in [2.24, 2.45) is 11.8 Å². The summed E-state index contributed by atoms with van der Waals surface area (Å²) in [4.78, 5) is 4.20. The Morgan fingerprint density at radius 3 is 2.94 bits per heavy atom. The third-order valence-corrected chi connectivity index (χ3v) is 4.08. The van der Waals surface area contributed by atoms with E-state index in [-0.39, 0.29) is 0 Å². The average Bonchev–Trinajstić information content (AvgIpc) is 2.77. The van der Waals surface area contributed by atoms with Gasteiger partial charge in [0.25, 0.3) is 0 Å². The molecule has 1 fully saturated rings. The molecule has 0 aromatic carbocycles. The first-order valence-electron chi connectivity index (χ1n) is 6.47. The van der Waals surface area contributed by atoms with Gasteiger partial charge in [-0.2, -0.15) is 0 Å². The Morgan fingerprint density at radius 2 is 2.18 bits per heavy atom. The van der Waals surface area contributed by atoms with Gasteiger partial charge in [0, 0.05) is 24.8 Å². The number of aromatic nitrogens is 1. The molecule has 0 spiro atoms. The summed E-state index contributed by atoms with van der Waals surface area (Å²) < 4.78 is 0. The highest BCUT2D eigenvalue weighted by Crippen LogP contribution is 2.31. The van der Waals surface area contributed by atoms with E-state index < -0.39 is 0 Å². The maximum atomic E-state index is 5.98. The van der Waals surface area contributed by atoms with Gasteiger partial charge in [0.2, 0.25) is 0 Å². The number of rotatable bonds is 5. The molecule has 1 aliphatic carbocycles. The summed E-state index contributed by atoms with van der Waals surface area (Å²) in [5, 5.41) is 3.54. The van der Waals surface area contributed by atoms with Crippen LogP contribution < -0.4 is 5.32 Å². The molecule has 1 saturated carbocycles. The van der Waals surface area contributed by atoms with Gasteiger partial charge in [0.1, 0.15) is 0 Å². The van der Waals surface area contributed by atoms with Crippen molar-refractivity contribution in [3.8, 4) is 0 Å². The van der Waals surface area contributed by atoms with Gasteiger partial charge in [-0.15, -0.1) is 11.6 Å². The van der Waals surface area contributed by atoms with Crippen LogP contribution in [0.5, 0.6) is 0 Å². The smallest absolute Gasteiger partial charge is 0.0313 e. The zero-order valence-corrected chi connectivity index (χ0v) is 11.2. The number of nitrogens with zero attached hydrogens (tertiary/aromatic N) is 1. The fourth-order valence-electron chi connectivity index (χ4n) is 2.70. The molecule has 0 bridgehead atoms. The van der Waals surface area contributed by atoms with E-state index in [1.807, 2.05) is 12.4 Å². The second-order valence-corrected chi connectivity index (χ2v) is 5.42. The van der Waals surface area contributed by atoms with Crippen molar-refractivity contribution < 1.29 is 0 Å². The highest BCUT2D eigenvalue weighted by atomic mass is 35.5. The molecule has 2 unspecified atom stereocenters. The minimum absolute atomic E-state index is 0.722. The first kappa shape index (κ1) is 12.8. The van der Waals surface area contributed by atoms with Crippen molar-refractivity contribution in [3.63, 3.8) is 0 Å². The number of hydrogen-bond acceptors (Lipinski definition) is 2. The molecule has 0 aliphatic heterocycles. The van der Waals surface area contributed by atoms with Crippen LogP contribution in [0.15, 0.2) is 18.5 Å². The third-order valence-electron chi connectivity index (χ3n) is 3.68. The van der Waals surface area contributed by atoms with Crippen LogP contribution >= 0.6 is 11.6 Å². The lowest BCUT2D eigenvalue weighted by molar-refractivity contribution is 0.395. The van der Waals surface area contributed by atoms with Crippen LogP contribution in [-0.2, 0) is 6.54 Å². The van der Waals surface area contributed by atoms with E-state index in [4.69, 9.17) is 11.6 Å². The number of nitrogens with one attached hydrogen (secondary N) is 1. The minimum atomic E-state index is 0.722. The second-order valence-electron chi connectivity index (χ2n) is 5.11. The first-order chi connectivity index (χ1) is 8.29. The number of alkyl halides is 1. The molecule has 1 aromatic rings. The van der Waals surface area contributed by atoms with E-state index in [9.17, 15) is 0 Å². The predicted molar refractivity (Wildman–Crippen MR) is 72.2 cm³/mol. The Balaban J connectivity index is 1.76. The molecular formula is C14H21ClN2. The zero-order chi connectivity index (χ0) is 12.1. The molecule has 1 heterocycles. The molecule has 0 amide bonds. The first-order valence-corrected chi connectivity index (χ1v) is 7.00. The number of halogens is 1. The molecular weight excluding hydrogens is 232 g/mol. The lowest BCUT2D eigenvalue weighted by Gasteiger charge is -2.17. The van der Waals surface area contributed by atoms with Crippen molar-refractivity contribution >= 4 is 11.6 Å². The quantitative estimate of drug-likeness (QED) is 0.815. The summed E-state index contributed by atoms with van der Waals surface area (Å²) in [6, 6.07) is 2.19. The molecule has 2 nitrogen and oxygen atoms in total. The standard InChI is InChI=1S/C14H21ClN2/c1-11-5-12(8-16-7-11)9-17-10-14-4-2-3-13(14)6-15/h5,7-8,13-14,17H,2-4,6,9-10H2,1H3. The summed E-state index contributed by atoms with van der Waals surface area (Å²) in [5.41, 5.74) is 2.49. The molecule has 2 rings (SSSR count). The van der Waals surface area contributed by atoms with Gasteiger partial charge in [-0.3, -0.25) is 4.98 Å². The molecule has 0 radical (unpaired) electrons. The Bertz CT molecular complexity index is 354. The summed E-state index contributed by atoms with van der Waals surface area (Å²) in [6.07, 6.45) is 7.81. The van der Waals surface area contributed by atoms with Crippen LogP contribution in [0, 0.1) is 18.8 Å². The average molecular weight is 253 g/mol. The summed E-state index contributed by atoms with van der Waals surface area (Å²) in [5.74, 6) is 2.31. The van der Waals surface area contributed by atoms with Crippen LogP contribution in [0.2, 0.25) is 0 Å². The Kier molecular flexibility index (Phi) is 4.81. The van der Waals surface area contributed by atoms with Gasteiger partial charge in [-0.1, -0.05) is 12.5 Å². The van der Waals surface area contributed by atoms with E-state index in [2.05, 4.69) is 23.3 Å². The van der Waals surface area contributed by atoms with Crippen LogP contribution in [0.3, 0.4) is 0 Å². The van der Waals surface area contributed by atoms with Crippen LogP contribution in [0.25, 0.3) is 0 Å². The number of pyridine rings is 1. The van der Waals surface area contributed by atoms with Gasteiger partial charge < -0.3 is 5.32 Å². The van der Waals surface area contributed by atoms with E-state index in [0.717, 1.165) is 30.8 Å². The van der Waals surface area contributed by atoms with Crippen molar-refractivity contribution in [2.45, 2.75) is 32.7 Å². The monoisotopic (exact) mass is 252 g/mol. The lowest BCUT2D eigenvalue weighted by Crippen LogP contribution is -2.25. The predicted octanol–water partition coefficient (Wildman–Crippen LogP) is 3.13. The summed E-state index contributed by atoms with van der Waals surface area (Å²) in [6.45, 7) is 4.09. The van der Waals surface area contributed by atoms with E-state index in [1.165, 1.54) is 30.4 Å². The fourth-order valence-corrected chi connectivity index (χ4v) is 3.11. The fraction of sp³-hybridized carbons (Fsp3) is 0.643. The topological polar surface area (TPSA) is 24.9 Å². The Hall–Kier alpha value is -0.600. The third kappa shape index (κ3) is 3.68. The Labute approximate surface area is 109 Å². The summed E-state index contributed by atoms with van der Waals surface area (Å²) >= 11 is 5.98. The van der Waals surface area contributed by atoms with Crippen LogP contribution in [0.1, 0.15) is 30.4 Å². The maximum absolute atomic E-state index is 5.98. The second kappa shape index (κ2) is 6.36. The maximum Gasteiger partial charge on any atom is 0.0313 e. The molecule has 3 heteroatoms. The molecule has 1 aromatic heterocycles. The molecule has 1 aliphatic rings. The van der Waals surface area contributed by atoms with Crippen LogP contribution in [0.4, 0.5) is 0 Å². The van der Waals surface area contributed by atoms with E-state index >= 15 is 0 Å². The molecule has 1 N–H and O–H groups in total. The van der Waals surface area contributed by atoms with E-state index in [1.54, 1.807) is 0 Å². The molecule has 94 valence electrons. The SMILES string of the molecule is Cc1cncc(CNCC2CCCC2CCl)c1. The van der Waals surface area contributed by atoms with Gasteiger partial charge in [-0.05, 0) is 49.3 Å². The number of aryl methyl sites for hydroxylation is 1. The van der Waals surface area contributed by atoms with Crippen molar-refractivity contribution in [2.75, 3.05) is 12.4 Å². The normalized spacial score (nSPS) is 24.1. The van der Waals surface area contributed by atoms with Crippen molar-refractivity contribution in [1.82, 2.24) is 10.3 Å². The van der Waals surface area contributed by atoms with Gasteiger partial charge >= 0.3 is 0 Å². The lowest BCUT2D eigenvalue weighted by atomic mass is 9.98. The van der Waals surface area contributed by atoms with E-state index in [0.29, 0.717) is 0 Å². The van der Waals surface area contributed by atoms with Gasteiger partial charge in [-0.25, -0.2) is 0 Å². The number of hydrogen-bond donors (Lipinski definition) is 1. The minimum Gasteiger partial charge on any atom is -0.312 e. The molecule has 17 heavy (non-hydrogen) atoms. The van der Waals surface area contributed by atoms with Crippen LogP contribution in [-0.4, -0.2) is 17.4 Å².